The lowest BCUT2D eigenvalue weighted by atomic mass is 10.1. The van der Waals surface area contributed by atoms with Crippen LogP contribution < -0.4 is 0 Å². The first-order valence-electron chi connectivity index (χ1n) is 6.77. The number of carbonyl (C=O) groups is 1. The molecule has 0 N–H and O–H groups in total. The van der Waals surface area contributed by atoms with E-state index in [2.05, 4.69) is 16.7 Å². The van der Waals surface area contributed by atoms with Crippen molar-refractivity contribution in [3.63, 3.8) is 0 Å². The number of likely N-dealkylation sites (tertiary alicyclic amines) is 2. The van der Waals surface area contributed by atoms with Crippen LogP contribution in [-0.4, -0.2) is 47.9 Å². The smallest absolute Gasteiger partial charge is 0.223 e. The zero-order valence-corrected chi connectivity index (χ0v) is 10.7. The Bertz CT molecular complexity index is 323. The van der Waals surface area contributed by atoms with Crippen LogP contribution in [0.5, 0.6) is 0 Å². The molecule has 3 heteroatoms. The third-order valence-corrected chi connectivity index (χ3v) is 3.64. The monoisotopic (exact) mass is 234 g/mol. The standard InChI is InChI=1S/C14H22N2O/c1-13(16-12-6-8-14(16)17)7-5-11-15-9-3-2-4-10-15/h13H,2-4,6,8-12H2,1H3. The summed E-state index contributed by atoms with van der Waals surface area (Å²) in [6.07, 6.45) is 5.68. The predicted octanol–water partition coefficient (Wildman–Crippen LogP) is 1.49. The van der Waals surface area contributed by atoms with Gasteiger partial charge in [0.15, 0.2) is 0 Å². The van der Waals surface area contributed by atoms with Crippen LogP contribution in [0.1, 0.15) is 39.0 Å². The Morgan fingerprint density at radius 1 is 1.18 bits per heavy atom. The predicted molar refractivity (Wildman–Crippen MR) is 68.5 cm³/mol. The largest absolute Gasteiger partial charge is 0.329 e. The topological polar surface area (TPSA) is 23.6 Å². The quantitative estimate of drug-likeness (QED) is 0.676. The highest BCUT2D eigenvalue weighted by Gasteiger charge is 2.23. The highest BCUT2D eigenvalue weighted by molar-refractivity contribution is 5.78. The van der Waals surface area contributed by atoms with Crippen LogP contribution in [0.3, 0.4) is 0 Å². The Kier molecular flexibility index (Phi) is 4.44. The van der Waals surface area contributed by atoms with Crippen molar-refractivity contribution in [3.05, 3.63) is 0 Å². The molecule has 0 spiro atoms. The molecule has 1 amide bonds. The summed E-state index contributed by atoms with van der Waals surface area (Å²) in [5.74, 6) is 6.72. The number of piperidine rings is 1. The first-order valence-corrected chi connectivity index (χ1v) is 6.77. The van der Waals surface area contributed by atoms with Gasteiger partial charge in [0.1, 0.15) is 0 Å². The van der Waals surface area contributed by atoms with Gasteiger partial charge in [-0.25, -0.2) is 0 Å². The van der Waals surface area contributed by atoms with Gasteiger partial charge in [0, 0.05) is 13.0 Å². The van der Waals surface area contributed by atoms with E-state index in [1.807, 2.05) is 11.8 Å². The van der Waals surface area contributed by atoms with Crippen molar-refractivity contribution in [3.8, 4) is 11.8 Å². The van der Waals surface area contributed by atoms with Crippen LogP contribution in [0.15, 0.2) is 0 Å². The van der Waals surface area contributed by atoms with Crippen LogP contribution in [-0.2, 0) is 4.79 Å². The van der Waals surface area contributed by atoms with Gasteiger partial charge in [0.2, 0.25) is 5.91 Å². The van der Waals surface area contributed by atoms with Gasteiger partial charge < -0.3 is 4.90 Å². The molecule has 2 heterocycles. The first-order chi connectivity index (χ1) is 8.27. The fraction of sp³-hybridized carbons (Fsp3) is 0.786. The normalized spacial score (nSPS) is 23.4. The second-order valence-corrected chi connectivity index (χ2v) is 5.02. The molecule has 2 saturated heterocycles. The van der Waals surface area contributed by atoms with Gasteiger partial charge in [-0.1, -0.05) is 18.3 Å². The minimum atomic E-state index is 0.0924. The fourth-order valence-corrected chi connectivity index (χ4v) is 2.58. The van der Waals surface area contributed by atoms with Gasteiger partial charge in [-0.2, -0.15) is 0 Å². The number of hydrogen-bond acceptors (Lipinski definition) is 2. The maximum Gasteiger partial charge on any atom is 0.223 e. The highest BCUT2D eigenvalue weighted by atomic mass is 16.2. The van der Waals surface area contributed by atoms with Crippen LogP contribution >= 0.6 is 0 Å². The van der Waals surface area contributed by atoms with Gasteiger partial charge in [-0.15, -0.1) is 0 Å². The van der Waals surface area contributed by atoms with Crippen molar-refractivity contribution in [1.29, 1.82) is 0 Å². The van der Waals surface area contributed by atoms with Crippen molar-refractivity contribution in [2.45, 2.75) is 45.1 Å². The molecule has 2 aliphatic rings. The zero-order chi connectivity index (χ0) is 12.1. The van der Waals surface area contributed by atoms with E-state index in [0.717, 1.165) is 19.5 Å². The maximum atomic E-state index is 11.5. The van der Waals surface area contributed by atoms with Crippen molar-refractivity contribution in [1.82, 2.24) is 9.80 Å². The molecule has 0 aromatic heterocycles. The van der Waals surface area contributed by atoms with Crippen LogP contribution in [0.25, 0.3) is 0 Å². The number of carbonyl (C=O) groups excluding carboxylic acids is 1. The molecule has 2 fully saturated rings. The second-order valence-electron chi connectivity index (χ2n) is 5.02. The van der Waals surface area contributed by atoms with Gasteiger partial charge in [0.05, 0.1) is 12.6 Å². The van der Waals surface area contributed by atoms with Gasteiger partial charge >= 0.3 is 0 Å². The molecule has 2 rings (SSSR count). The molecule has 1 atom stereocenters. The fourth-order valence-electron chi connectivity index (χ4n) is 2.58. The first kappa shape index (κ1) is 12.4. The highest BCUT2D eigenvalue weighted by Crippen LogP contribution is 2.12. The van der Waals surface area contributed by atoms with E-state index in [9.17, 15) is 4.79 Å². The number of hydrogen-bond donors (Lipinski definition) is 0. The van der Waals surface area contributed by atoms with Crippen molar-refractivity contribution < 1.29 is 4.79 Å². The molecular formula is C14H22N2O. The summed E-state index contributed by atoms with van der Waals surface area (Å²) in [7, 11) is 0. The number of nitrogens with zero attached hydrogens (tertiary/aromatic N) is 2. The summed E-state index contributed by atoms with van der Waals surface area (Å²) >= 11 is 0. The van der Waals surface area contributed by atoms with Crippen molar-refractivity contribution >= 4 is 5.91 Å². The molecule has 17 heavy (non-hydrogen) atoms. The number of rotatable bonds is 2. The maximum absolute atomic E-state index is 11.5. The van der Waals surface area contributed by atoms with E-state index in [0.29, 0.717) is 6.42 Å². The Morgan fingerprint density at radius 3 is 2.59 bits per heavy atom. The number of amides is 1. The van der Waals surface area contributed by atoms with Crippen molar-refractivity contribution in [2.75, 3.05) is 26.2 Å². The zero-order valence-electron chi connectivity index (χ0n) is 10.7. The third-order valence-electron chi connectivity index (χ3n) is 3.64. The van der Waals surface area contributed by atoms with E-state index in [1.165, 1.54) is 32.4 Å². The van der Waals surface area contributed by atoms with E-state index in [4.69, 9.17) is 0 Å². The van der Waals surface area contributed by atoms with Gasteiger partial charge in [-0.3, -0.25) is 9.69 Å². The second kappa shape index (κ2) is 6.07. The van der Waals surface area contributed by atoms with Gasteiger partial charge in [0.25, 0.3) is 0 Å². The third kappa shape index (κ3) is 3.47. The SMILES string of the molecule is CC(C#CCN1CCCCC1)N1CCCC1=O. The summed E-state index contributed by atoms with van der Waals surface area (Å²) in [6, 6.07) is 0.0924. The van der Waals surface area contributed by atoms with E-state index < -0.39 is 0 Å². The summed E-state index contributed by atoms with van der Waals surface area (Å²) in [4.78, 5) is 15.8. The van der Waals surface area contributed by atoms with Crippen molar-refractivity contribution in [2.24, 2.45) is 0 Å². The molecule has 0 radical (unpaired) electrons. The molecule has 0 aromatic carbocycles. The van der Waals surface area contributed by atoms with E-state index in [-0.39, 0.29) is 11.9 Å². The molecule has 2 aliphatic heterocycles. The molecular weight excluding hydrogens is 212 g/mol. The van der Waals surface area contributed by atoms with Crippen LogP contribution in [0, 0.1) is 11.8 Å². The lowest BCUT2D eigenvalue weighted by Gasteiger charge is -2.24. The van der Waals surface area contributed by atoms with Crippen LogP contribution in [0.4, 0.5) is 0 Å². The lowest BCUT2D eigenvalue weighted by molar-refractivity contribution is -0.128. The molecule has 0 bridgehead atoms. The van der Waals surface area contributed by atoms with Crippen LogP contribution in [0.2, 0.25) is 0 Å². The lowest BCUT2D eigenvalue weighted by Crippen LogP contribution is -2.33. The summed E-state index contributed by atoms with van der Waals surface area (Å²) in [6.45, 7) is 6.16. The molecule has 0 saturated carbocycles. The summed E-state index contributed by atoms with van der Waals surface area (Å²) in [5, 5.41) is 0. The van der Waals surface area contributed by atoms with Gasteiger partial charge in [-0.05, 0) is 39.3 Å². The molecule has 3 nitrogen and oxygen atoms in total. The average molecular weight is 234 g/mol. The Balaban J connectivity index is 1.77. The van der Waals surface area contributed by atoms with E-state index >= 15 is 0 Å². The minimum Gasteiger partial charge on any atom is -0.329 e. The molecule has 0 aromatic rings. The minimum absolute atomic E-state index is 0.0924. The summed E-state index contributed by atoms with van der Waals surface area (Å²) < 4.78 is 0. The molecule has 0 aliphatic carbocycles. The molecule has 1 unspecified atom stereocenters. The molecule has 94 valence electrons. The Labute approximate surface area is 104 Å². The Hall–Kier alpha value is -1.01. The van der Waals surface area contributed by atoms with E-state index in [1.54, 1.807) is 0 Å². The Morgan fingerprint density at radius 2 is 1.94 bits per heavy atom. The average Bonchev–Trinajstić information content (AvgIpc) is 2.77. The summed E-state index contributed by atoms with van der Waals surface area (Å²) in [5.41, 5.74) is 0.